The van der Waals surface area contributed by atoms with Gasteiger partial charge >= 0.3 is 0 Å². The van der Waals surface area contributed by atoms with Gasteiger partial charge in [0.15, 0.2) is 0 Å². The van der Waals surface area contributed by atoms with Crippen LogP contribution < -0.4 is 10.2 Å². The molecule has 1 saturated heterocycles. The van der Waals surface area contributed by atoms with E-state index in [-0.39, 0.29) is 5.75 Å². The van der Waals surface area contributed by atoms with Crippen LogP contribution in [0.25, 0.3) is 5.70 Å². The van der Waals surface area contributed by atoms with Crippen LogP contribution in [-0.2, 0) is 0 Å². The zero-order valence-electron chi connectivity index (χ0n) is 11.5. The van der Waals surface area contributed by atoms with Gasteiger partial charge in [-0.2, -0.15) is 0 Å². The third-order valence-corrected chi connectivity index (χ3v) is 3.33. The van der Waals surface area contributed by atoms with Crippen molar-refractivity contribution in [1.82, 2.24) is 15.3 Å². The van der Waals surface area contributed by atoms with Gasteiger partial charge < -0.3 is 20.2 Å². The zero-order chi connectivity index (χ0) is 13.8. The van der Waals surface area contributed by atoms with E-state index in [0.717, 1.165) is 26.2 Å². The largest absolute Gasteiger partial charge is 0.507 e. The zero-order valence-corrected chi connectivity index (χ0v) is 11.5. The number of likely N-dealkylation sites (N-methyl/N-ethyl adjacent to an activating group) is 1. The van der Waals surface area contributed by atoms with Gasteiger partial charge in [0.1, 0.15) is 11.5 Å². The average molecular weight is 263 g/mol. The van der Waals surface area contributed by atoms with E-state index in [1.807, 2.05) is 6.07 Å². The van der Waals surface area contributed by atoms with Gasteiger partial charge in [0.25, 0.3) is 0 Å². The van der Waals surface area contributed by atoms with Crippen molar-refractivity contribution in [2.45, 2.75) is 0 Å². The molecule has 0 bridgehead atoms. The second-order valence-corrected chi connectivity index (χ2v) is 4.76. The Morgan fingerprint density at radius 2 is 2.00 bits per heavy atom. The molecule has 5 heteroatoms. The summed E-state index contributed by atoms with van der Waals surface area (Å²) in [5.74, 6) is 0.805. The SMILES string of the molecule is C=C(NN1CCN(C)CC1)c1ccc(OC)cc1O. The standard InChI is InChI=1S/C14H21N3O2/c1-11(15-17-8-6-16(2)7-9-17)13-5-4-12(19-3)10-14(13)18/h4-5,10,15,18H,1,6-9H2,2-3H3. The maximum atomic E-state index is 9.96. The Morgan fingerprint density at radius 1 is 1.32 bits per heavy atom. The Hall–Kier alpha value is -1.72. The fourth-order valence-electron chi connectivity index (χ4n) is 2.06. The van der Waals surface area contributed by atoms with Crippen LogP contribution >= 0.6 is 0 Å². The lowest BCUT2D eigenvalue weighted by molar-refractivity contribution is 0.127. The van der Waals surface area contributed by atoms with Crippen LogP contribution in [0.1, 0.15) is 5.56 Å². The van der Waals surface area contributed by atoms with Crippen molar-refractivity contribution in [2.75, 3.05) is 40.3 Å². The first kappa shape index (κ1) is 13.7. The number of phenolic OH excluding ortho intramolecular Hbond substituents is 1. The lowest BCUT2D eigenvalue weighted by Gasteiger charge is -2.33. The first-order valence-corrected chi connectivity index (χ1v) is 6.36. The summed E-state index contributed by atoms with van der Waals surface area (Å²) in [6.07, 6.45) is 0. The molecule has 1 aliphatic heterocycles. The Balaban J connectivity index is 2.00. The summed E-state index contributed by atoms with van der Waals surface area (Å²) in [5, 5.41) is 12.1. The van der Waals surface area contributed by atoms with Crippen LogP contribution in [-0.4, -0.2) is 55.4 Å². The van der Waals surface area contributed by atoms with Crippen LogP contribution in [0.4, 0.5) is 0 Å². The quantitative estimate of drug-likeness (QED) is 0.852. The fourth-order valence-corrected chi connectivity index (χ4v) is 2.06. The van der Waals surface area contributed by atoms with E-state index >= 15 is 0 Å². The first-order chi connectivity index (χ1) is 9.10. The second-order valence-electron chi connectivity index (χ2n) is 4.76. The molecule has 0 aliphatic carbocycles. The van der Waals surface area contributed by atoms with Crippen molar-refractivity contribution >= 4 is 5.70 Å². The summed E-state index contributed by atoms with van der Waals surface area (Å²) in [5.41, 5.74) is 4.64. The van der Waals surface area contributed by atoms with E-state index in [1.165, 1.54) is 0 Å². The van der Waals surface area contributed by atoms with Gasteiger partial charge in [-0.1, -0.05) is 6.58 Å². The lowest BCUT2D eigenvalue weighted by Crippen LogP contribution is -2.49. The number of ether oxygens (including phenoxy) is 1. The smallest absolute Gasteiger partial charge is 0.128 e. The Bertz CT molecular complexity index is 454. The van der Waals surface area contributed by atoms with Gasteiger partial charge in [0.2, 0.25) is 0 Å². The van der Waals surface area contributed by atoms with E-state index in [9.17, 15) is 5.11 Å². The Morgan fingerprint density at radius 3 is 2.58 bits per heavy atom. The van der Waals surface area contributed by atoms with Crippen molar-refractivity contribution < 1.29 is 9.84 Å². The predicted molar refractivity (Wildman–Crippen MR) is 75.9 cm³/mol. The molecule has 0 radical (unpaired) electrons. The van der Waals surface area contributed by atoms with Crippen LogP contribution in [0.5, 0.6) is 11.5 Å². The van der Waals surface area contributed by atoms with E-state index in [2.05, 4.69) is 29.0 Å². The number of rotatable bonds is 4. The highest BCUT2D eigenvalue weighted by Crippen LogP contribution is 2.27. The number of hydrogen-bond acceptors (Lipinski definition) is 5. The molecule has 1 fully saturated rings. The van der Waals surface area contributed by atoms with Crippen LogP contribution in [0, 0.1) is 0 Å². The molecule has 1 aromatic carbocycles. The van der Waals surface area contributed by atoms with Gasteiger partial charge in [-0.05, 0) is 19.2 Å². The third-order valence-electron chi connectivity index (χ3n) is 3.33. The maximum absolute atomic E-state index is 9.96. The average Bonchev–Trinajstić information content (AvgIpc) is 2.41. The summed E-state index contributed by atoms with van der Waals surface area (Å²) in [4.78, 5) is 2.28. The van der Waals surface area contributed by atoms with Crippen molar-refractivity contribution in [3.8, 4) is 11.5 Å². The number of methoxy groups -OCH3 is 1. The number of nitrogens with one attached hydrogen (secondary N) is 1. The highest BCUT2D eigenvalue weighted by atomic mass is 16.5. The summed E-state index contributed by atoms with van der Waals surface area (Å²) in [6, 6.07) is 5.21. The molecule has 0 aromatic heterocycles. The normalized spacial score (nSPS) is 17.2. The summed E-state index contributed by atoms with van der Waals surface area (Å²) in [7, 11) is 3.69. The van der Waals surface area contributed by atoms with Gasteiger partial charge in [-0.3, -0.25) is 0 Å². The minimum Gasteiger partial charge on any atom is -0.507 e. The van der Waals surface area contributed by atoms with E-state index in [0.29, 0.717) is 17.0 Å². The highest BCUT2D eigenvalue weighted by molar-refractivity contribution is 5.67. The molecule has 0 atom stereocenters. The summed E-state index contributed by atoms with van der Waals surface area (Å²) < 4.78 is 5.07. The molecule has 0 amide bonds. The lowest BCUT2D eigenvalue weighted by atomic mass is 10.1. The van der Waals surface area contributed by atoms with E-state index < -0.39 is 0 Å². The van der Waals surface area contributed by atoms with Gasteiger partial charge in [-0.25, -0.2) is 5.01 Å². The van der Waals surface area contributed by atoms with Crippen LogP contribution in [0.15, 0.2) is 24.8 Å². The Kier molecular flexibility index (Phi) is 4.29. The second kappa shape index (κ2) is 5.95. The van der Waals surface area contributed by atoms with Crippen molar-refractivity contribution in [2.24, 2.45) is 0 Å². The molecule has 0 saturated carbocycles. The van der Waals surface area contributed by atoms with Gasteiger partial charge in [0.05, 0.1) is 12.8 Å². The number of benzene rings is 1. The maximum Gasteiger partial charge on any atom is 0.128 e. The van der Waals surface area contributed by atoms with Crippen molar-refractivity contribution in [3.05, 3.63) is 30.3 Å². The molecule has 1 heterocycles. The molecule has 1 aliphatic rings. The molecule has 2 rings (SSSR count). The van der Waals surface area contributed by atoms with Crippen LogP contribution in [0.2, 0.25) is 0 Å². The molecule has 1 aromatic rings. The number of aromatic hydroxyl groups is 1. The summed E-state index contributed by atoms with van der Waals surface area (Å²) in [6.45, 7) is 7.91. The van der Waals surface area contributed by atoms with Crippen molar-refractivity contribution in [3.63, 3.8) is 0 Å². The molecule has 5 nitrogen and oxygen atoms in total. The minimum absolute atomic E-state index is 0.172. The highest BCUT2D eigenvalue weighted by Gasteiger charge is 2.15. The molecule has 0 spiro atoms. The number of hydrogen-bond donors (Lipinski definition) is 2. The van der Waals surface area contributed by atoms with E-state index in [4.69, 9.17) is 4.74 Å². The molecular formula is C14H21N3O2. The molecule has 19 heavy (non-hydrogen) atoms. The Labute approximate surface area is 114 Å². The van der Waals surface area contributed by atoms with Crippen molar-refractivity contribution in [1.29, 1.82) is 0 Å². The number of piperazine rings is 1. The number of nitrogens with zero attached hydrogens (tertiary/aromatic N) is 2. The topological polar surface area (TPSA) is 48.0 Å². The first-order valence-electron chi connectivity index (χ1n) is 6.36. The van der Waals surface area contributed by atoms with Gasteiger partial charge in [-0.15, -0.1) is 0 Å². The van der Waals surface area contributed by atoms with Crippen LogP contribution in [0.3, 0.4) is 0 Å². The molecule has 2 N–H and O–H groups in total. The number of hydrazine groups is 1. The molecular weight excluding hydrogens is 242 g/mol. The van der Waals surface area contributed by atoms with E-state index in [1.54, 1.807) is 19.2 Å². The third kappa shape index (κ3) is 3.39. The molecule has 104 valence electrons. The minimum atomic E-state index is 0.172. The van der Waals surface area contributed by atoms with Gasteiger partial charge in [0, 0.05) is 37.8 Å². The fraction of sp³-hybridized carbons (Fsp3) is 0.429. The number of phenols is 1. The predicted octanol–water partition coefficient (Wildman–Crippen LogP) is 1.12. The molecule has 0 unspecified atom stereocenters. The monoisotopic (exact) mass is 263 g/mol. The summed E-state index contributed by atoms with van der Waals surface area (Å²) >= 11 is 0.